The highest BCUT2D eigenvalue weighted by Crippen LogP contribution is 2.36. The number of rotatable bonds is 4. The van der Waals surface area contributed by atoms with Gasteiger partial charge in [-0.2, -0.15) is 5.10 Å². The van der Waals surface area contributed by atoms with Crippen molar-refractivity contribution in [2.75, 3.05) is 0 Å². The summed E-state index contributed by atoms with van der Waals surface area (Å²) in [6.07, 6.45) is 3.71. The topological polar surface area (TPSA) is 48.0 Å². The van der Waals surface area contributed by atoms with Gasteiger partial charge in [-0.3, -0.25) is 4.79 Å². The van der Waals surface area contributed by atoms with Gasteiger partial charge in [-0.25, -0.2) is 4.68 Å². The fourth-order valence-corrected chi connectivity index (χ4v) is 3.55. The number of ketones is 1. The number of benzene rings is 3. The van der Waals surface area contributed by atoms with E-state index < -0.39 is 0 Å². The summed E-state index contributed by atoms with van der Waals surface area (Å²) in [7, 11) is 0. The average Bonchev–Trinajstić information content (AvgIpc) is 3.39. The molecule has 0 saturated heterocycles. The Morgan fingerprint density at radius 1 is 0.931 bits per heavy atom. The third-order valence-corrected chi connectivity index (χ3v) is 4.98. The normalized spacial score (nSPS) is 11.1. The Bertz CT molecular complexity index is 1320. The number of hydrogen-bond donors (Lipinski definition) is 0. The van der Waals surface area contributed by atoms with Crippen molar-refractivity contribution in [1.82, 2.24) is 9.78 Å². The fourth-order valence-electron chi connectivity index (χ4n) is 3.55. The molecule has 2 aromatic heterocycles. The Morgan fingerprint density at radius 2 is 1.66 bits per heavy atom. The monoisotopic (exact) mass is 378 g/mol. The maximum Gasteiger partial charge on any atom is 0.228 e. The third-order valence-electron chi connectivity index (χ3n) is 4.98. The van der Waals surface area contributed by atoms with Crippen molar-refractivity contribution in [3.63, 3.8) is 0 Å². The minimum atomic E-state index is -0.137. The molecule has 0 unspecified atom stereocenters. The van der Waals surface area contributed by atoms with Crippen molar-refractivity contribution in [2.45, 2.75) is 6.92 Å². The maximum atomic E-state index is 13.3. The van der Waals surface area contributed by atoms with Gasteiger partial charge in [0, 0.05) is 28.3 Å². The van der Waals surface area contributed by atoms with Gasteiger partial charge in [0.25, 0.3) is 0 Å². The van der Waals surface area contributed by atoms with Gasteiger partial charge in [0.1, 0.15) is 5.58 Å². The lowest BCUT2D eigenvalue weighted by Crippen LogP contribution is -2.01. The second-order valence-electron chi connectivity index (χ2n) is 7.01. The molecular weight excluding hydrogens is 360 g/mol. The molecule has 0 aliphatic rings. The second-order valence-corrected chi connectivity index (χ2v) is 7.01. The molecule has 4 heteroatoms. The molecule has 5 aromatic rings. The number of fused-ring (bicyclic) bond motifs is 1. The third kappa shape index (κ3) is 3.05. The van der Waals surface area contributed by atoms with Crippen molar-refractivity contribution < 1.29 is 9.21 Å². The molecular formula is C25H18N2O2. The number of aromatic nitrogens is 2. The lowest BCUT2D eigenvalue weighted by molar-refractivity contribution is 0.101. The molecule has 0 atom stereocenters. The Labute approximate surface area is 168 Å². The summed E-state index contributed by atoms with van der Waals surface area (Å²) < 4.78 is 7.86. The predicted octanol–water partition coefficient (Wildman–Crippen LogP) is 5.82. The summed E-state index contributed by atoms with van der Waals surface area (Å²) in [6.45, 7) is 2.03. The van der Waals surface area contributed by atoms with E-state index in [0.29, 0.717) is 16.9 Å². The average molecular weight is 378 g/mol. The van der Waals surface area contributed by atoms with Crippen LogP contribution in [0.15, 0.2) is 95.7 Å². The molecule has 0 amide bonds. The zero-order chi connectivity index (χ0) is 19.8. The quantitative estimate of drug-likeness (QED) is 0.370. The van der Waals surface area contributed by atoms with Crippen LogP contribution in [-0.2, 0) is 0 Å². The molecule has 140 valence electrons. The summed E-state index contributed by atoms with van der Waals surface area (Å²) in [6, 6.07) is 25.0. The molecule has 0 spiro atoms. The summed E-state index contributed by atoms with van der Waals surface area (Å²) in [4.78, 5) is 13.3. The highest BCUT2D eigenvalue weighted by molar-refractivity contribution is 6.15. The van der Waals surface area contributed by atoms with E-state index >= 15 is 0 Å². The summed E-state index contributed by atoms with van der Waals surface area (Å²) in [5, 5.41) is 5.42. The summed E-state index contributed by atoms with van der Waals surface area (Å²) in [5.74, 6) is 0.200. The highest BCUT2D eigenvalue weighted by atomic mass is 16.3. The van der Waals surface area contributed by atoms with Gasteiger partial charge < -0.3 is 4.42 Å². The summed E-state index contributed by atoms with van der Waals surface area (Å²) >= 11 is 0. The number of carbonyl (C=O) groups is 1. The lowest BCUT2D eigenvalue weighted by Gasteiger charge is -2.02. The molecule has 0 aliphatic heterocycles. The first-order chi connectivity index (χ1) is 14.2. The first kappa shape index (κ1) is 17.2. The van der Waals surface area contributed by atoms with Crippen molar-refractivity contribution in [3.8, 4) is 16.8 Å². The zero-order valence-corrected chi connectivity index (χ0v) is 15.9. The van der Waals surface area contributed by atoms with Crippen LogP contribution < -0.4 is 0 Å². The van der Waals surface area contributed by atoms with Crippen molar-refractivity contribution in [2.24, 2.45) is 0 Å². The smallest absolute Gasteiger partial charge is 0.228 e. The molecule has 0 aliphatic carbocycles. The molecule has 0 radical (unpaired) electrons. The van der Waals surface area contributed by atoms with E-state index in [1.54, 1.807) is 23.0 Å². The van der Waals surface area contributed by atoms with Gasteiger partial charge in [-0.05, 0) is 31.2 Å². The van der Waals surface area contributed by atoms with Crippen LogP contribution in [0.3, 0.4) is 0 Å². The lowest BCUT2D eigenvalue weighted by atomic mass is 9.99. The van der Waals surface area contributed by atoms with E-state index in [-0.39, 0.29) is 5.78 Å². The maximum absolute atomic E-state index is 13.3. The van der Waals surface area contributed by atoms with Crippen LogP contribution in [0.1, 0.15) is 21.7 Å². The van der Waals surface area contributed by atoms with E-state index in [0.717, 1.165) is 27.8 Å². The second kappa shape index (κ2) is 6.91. The van der Waals surface area contributed by atoms with Gasteiger partial charge in [0.05, 0.1) is 11.9 Å². The van der Waals surface area contributed by atoms with E-state index in [4.69, 9.17) is 4.42 Å². The number of furan rings is 1. The Kier molecular flexibility index (Phi) is 4.10. The van der Waals surface area contributed by atoms with E-state index in [9.17, 15) is 4.79 Å². The number of carbonyl (C=O) groups excluding carboxylic acids is 1. The van der Waals surface area contributed by atoms with E-state index in [1.165, 1.54) is 0 Å². The van der Waals surface area contributed by atoms with Crippen molar-refractivity contribution in [3.05, 3.63) is 108 Å². The number of nitrogens with zero attached hydrogens (tertiary/aromatic N) is 2. The van der Waals surface area contributed by atoms with Crippen LogP contribution in [0.2, 0.25) is 0 Å². The van der Waals surface area contributed by atoms with Crippen molar-refractivity contribution in [1.29, 1.82) is 0 Å². The van der Waals surface area contributed by atoms with Gasteiger partial charge >= 0.3 is 0 Å². The molecule has 4 nitrogen and oxygen atoms in total. The van der Waals surface area contributed by atoms with Gasteiger partial charge in [0.2, 0.25) is 5.78 Å². The molecule has 29 heavy (non-hydrogen) atoms. The van der Waals surface area contributed by atoms with Crippen LogP contribution in [0.25, 0.3) is 27.8 Å². The standard InChI is InChI=1S/C25H18N2O2/c1-17-12-13-22-21(14-17)23(25(29-22)24(28)18-8-4-2-5-9-18)19-15-26-27(16-19)20-10-6-3-7-11-20/h2-16H,1H3. The minimum Gasteiger partial charge on any atom is -0.452 e. The molecule has 3 aromatic carbocycles. The molecule has 0 N–H and O–H groups in total. The van der Waals surface area contributed by atoms with Crippen molar-refractivity contribution >= 4 is 16.8 Å². The largest absolute Gasteiger partial charge is 0.452 e. The minimum absolute atomic E-state index is 0.137. The number of aryl methyl sites for hydroxylation is 1. The van der Waals surface area contributed by atoms with Crippen LogP contribution in [-0.4, -0.2) is 15.6 Å². The van der Waals surface area contributed by atoms with Crippen LogP contribution in [0.5, 0.6) is 0 Å². The zero-order valence-electron chi connectivity index (χ0n) is 15.9. The molecule has 5 rings (SSSR count). The van der Waals surface area contributed by atoms with Gasteiger partial charge in [-0.1, -0.05) is 60.2 Å². The first-order valence-corrected chi connectivity index (χ1v) is 9.44. The van der Waals surface area contributed by atoms with Crippen LogP contribution >= 0.6 is 0 Å². The Morgan fingerprint density at radius 3 is 2.41 bits per heavy atom. The number of hydrogen-bond acceptors (Lipinski definition) is 3. The van der Waals surface area contributed by atoms with Crippen LogP contribution in [0, 0.1) is 6.92 Å². The van der Waals surface area contributed by atoms with E-state index in [1.807, 2.05) is 73.8 Å². The molecule has 2 heterocycles. The van der Waals surface area contributed by atoms with E-state index in [2.05, 4.69) is 11.2 Å². The number of para-hydroxylation sites is 1. The fraction of sp³-hybridized carbons (Fsp3) is 0.0400. The Hall–Kier alpha value is -3.92. The highest BCUT2D eigenvalue weighted by Gasteiger charge is 2.24. The van der Waals surface area contributed by atoms with Gasteiger partial charge in [0.15, 0.2) is 5.76 Å². The SMILES string of the molecule is Cc1ccc2oc(C(=O)c3ccccc3)c(-c3cnn(-c4ccccc4)c3)c2c1. The van der Waals surface area contributed by atoms with Crippen LogP contribution in [0.4, 0.5) is 0 Å². The molecule has 0 saturated carbocycles. The molecule has 0 bridgehead atoms. The summed E-state index contributed by atoms with van der Waals surface area (Å²) in [5.41, 5.74) is 4.97. The predicted molar refractivity (Wildman–Crippen MR) is 113 cm³/mol. The van der Waals surface area contributed by atoms with Gasteiger partial charge in [-0.15, -0.1) is 0 Å². The molecule has 0 fully saturated rings. The first-order valence-electron chi connectivity index (χ1n) is 9.44. The Balaban J connectivity index is 1.71.